The minimum absolute atomic E-state index is 0.197. The van der Waals surface area contributed by atoms with Gasteiger partial charge in [-0.3, -0.25) is 4.79 Å². The third kappa shape index (κ3) is 7.51. The first-order valence-corrected chi connectivity index (χ1v) is 9.94. The summed E-state index contributed by atoms with van der Waals surface area (Å²) in [5, 5.41) is 5.45. The maximum atomic E-state index is 12.1. The van der Waals surface area contributed by atoms with E-state index >= 15 is 0 Å². The molecule has 1 unspecified atom stereocenters. The molecule has 1 aromatic heterocycles. The number of alkyl carbamates (subject to hydrolysis) is 1. The van der Waals surface area contributed by atoms with E-state index in [4.69, 9.17) is 9.47 Å². The lowest BCUT2D eigenvalue weighted by atomic mass is 10.2. The van der Waals surface area contributed by atoms with E-state index in [9.17, 15) is 9.59 Å². The van der Waals surface area contributed by atoms with Crippen LogP contribution >= 0.6 is 11.8 Å². The molecule has 1 fully saturated rings. The molecule has 1 saturated heterocycles. The molecule has 2 heterocycles. The van der Waals surface area contributed by atoms with Gasteiger partial charge in [-0.25, -0.2) is 9.78 Å². The van der Waals surface area contributed by atoms with Crippen molar-refractivity contribution in [2.45, 2.75) is 45.3 Å². The van der Waals surface area contributed by atoms with Crippen LogP contribution in [0.15, 0.2) is 18.3 Å². The van der Waals surface area contributed by atoms with Gasteiger partial charge in [-0.1, -0.05) is 0 Å². The fourth-order valence-corrected chi connectivity index (χ4v) is 3.35. The molecule has 1 aliphatic rings. The molecular weight excluding hydrogens is 354 g/mol. The van der Waals surface area contributed by atoms with Crippen LogP contribution in [-0.4, -0.2) is 53.3 Å². The Balaban J connectivity index is 1.64. The van der Waals surface area contributed by atoms with Gasteiger partial charge in [0.05, 0.1) is 5.56 Å². The Bertz CT molecular complexity index is 595. The van der Waals surface area contributed by atoms with Crippen LogP contribution < -0.4 is 15.4 Å². The van der Waals surface area contributed by atoms with Crippen molar-refractivity contribution in [3.05, 3.63) is 23.9 Å². The van der Waals surface area contributed by atoms with E-state index in [-0.39, 0.29) is 12.0 Å². The van der Waals surface area contributed by atoms with Gasteiger partial charge >= 0.3 is 6.09 Å². The van der Waals surface area contributed by atoms with Gasteiger partial charge in [0, 0.05) is 31.1 Å². The van der Waals surface area contributed by atoms with Crippen LogP contribution in [0.3, 0.4) is 0 Å². The van der Waals surface area contributed by atoms with E-state index in [1.54, 1.807) is 12.1 Å². The molecule has 1 aliphatic heterocycles. The molecule has 0 aromatic carbocycles. The van der Waals surface area contributed by atoms with E-state index < -0.39 is 11.7 Å². The SMILES string of the molecule is CC(C)(C)OC(=O)NCCCNC(=O)c1ccc(OC2CCSC2)nc1. The summed E-state index contributed by atoms with van der Waals surface area (Å²) in [4.78, 5) is 27.8. The summed E-state index contributed by atoms with van der Waals surface area (Å²) in [6.45, 7) is 6.31. The maximum absolute atomic E-state index is 12.1. The summed E-state index contributed by atoms with van der Waals surface area (Å²) in [6, 6.07) is 3.43. The zero-order valence-corrected chi connectivity index (χ0v) is 16.4. The first-order chi connectivity index (χ1) is 12.3. The van der Waals surface area contributed by atoms with Gasteiger partial charge in [0.1, 0.15) is 11.7 Å². The average molecular weight is 381 g/mol. The van der Waals surface area contributed by atoms with Crippen molar-refractivity contribution in [2.75, 3.05) is 24.6 Å². The quantitative estimate of drug-likeness (QED) is 0.706. The van der Waals surface area contributed by atoms with Crippen molar-refractivity contribution in [2.24, 2.45) is 0 Å². The Kier molecular flexibility index (Phi) is 7.56. The number of ether oxygens (including phenoxy) is 2. The third-order valence-corrected chi connectivity index (χ3v) is 4.61. The lowest BCUT2D eigenvalue weighted by Gasteiger charge is -2.19. The second-order valence-electron chi connectivity index (χ2n) is 7.03. The Morgan fingerprint density at radius 3 is 2.65 bits per heavy atom. The molecule has 8 heteroatoms. The Morgan fingerprint density at radius 1 is 1.27 bits per heavy atom. The minimum atomic E-state index is -0.516. The first-order valence-electron chi connectivity index (χ1n) is 8.79. The van der Waals surface area contributed by atoms with E-state index in [0.717, 1.165) is 17.9 Å². The standard InChI is InChI=1S/C18H27N3O4S/c1-18(2,3)25-17(23)20-9-4-8-19-16(22)13-5-6-15(21-11-13)24-14-7-10-26-12-14/h5-6,11,14H,4,7-10,12H2,1-3H3,(H,19,22)(H,20,23). The largest absolute Gasteiger partial charge is 0.473 e. The van der Waals surface area contributed by atoms with E-state index in [1.165, 1.54) is 6.20 Å². The van der Waals surface area contributed by atoms with Crippen LogP contribution in [0.25, 0.3) is 0 Å². The minimum Gasteiger partial charge on any atom is -0.473 e. The molecule has 0 radical (unpaired) electrons. The number of thioether (sulfide) groups is 1. The molecule has 144 valence electrons. The van der Waals surface area contributed by atoms with Gasteiger partial charge in [-0.15, -0.1) is 0 Å². The molecule has 1 atom stereocenters. The highest BCUT2D eigenvalue weighted by Crippen LogP contribution is 2.21. The molecule has 2 N–H and O–H groups in total. The summed E-state index contributed by atoms with van der Waals surface area (Å²) in [6.07, 6.45) is 2.92. The van der Waals surface area contributed by atoms with Crippen LogP contribution in [0, 0.1) is 0 Å². The van der Waals surface area contributed by atoms with Crippen LogP contribution in [0.2, 0.25) is 0 Å². The molecular formula is C18H27N3O4S. The second-order valence-corrected chi connectivity index (χ2v) is 8.18. The van der Waals surface area contributed by atoms with E-state index in [2.05, 4.69) is 15.6 Å². The Hall–Kier alpha value is -1.96. The maximum Gasteiger partial charge on any atom is 0.407 e. The van der Waals surface area contributed by atoms with Gasteiger partial charge in [-0.2, -0.15) is 11.8 Å². The predicted octanol–water partition coefficient (Wildman–Crippen LogP) is 2.61. The number of carbonyl (C=O) groups excluding carboxylic acids is 2. The van der Waals surface area contributed by atoms with Crippen LogP contribution in [-0.2, 0) is 4.74 Å². The van der Waals surface area contributed by atoms with Crippen molar-refractivity contribution < 1.29 is 19.1 Å². The van der Waals surface area contributed by atoms with E-state index in [1.807, 2.05) is 32.5 Å². The Labute approximate surface area is 158 Å². The number of nitrogens with one attached hydrogen (secondary N) is 2. The van der Waals surface area contributed by atoms with Crippen molar-refractivity contribution >= 4 is 23.8 Å². The average Bonchev–Trinajstić information content (AvgIpc) is 3.06. The van der Waals surface area contributed by atoms with Crippen molar-refractivity contribution in [3.8, 4) is 5.88 Å². The molecule has 0 spiro atoms. The lowest BCUT2D eigenvalue weighted by Crippen LogP contribution is -2.34. The number of amides is 2. The zero-order chi connectivity index (χ0) is 19.0. The fraction of sp³-hybridized carbons (Fsp3) is 0.611. The zero-order valence-electron chi connectivity index (χ0n) is 15.5. The number of hydrogen-bond donors (Lipinski definition) is 2. The van der Waals surface area contributed by atoms with Gasteiger partial charge in [0.15, 0.2) is 0 Å². The van der Waals surface area contributed by atoms with Gasteiger partial charge in [0.25, 0.3) is 5.91 Å². The number of hydrogen-bond acceptors (Lipinski definition) is 6. The molecule has 2 rings (SSSR count). The number of nitrogens with zero attached hydrogens (tertiary/aromatic N) is 1. The fourth-order valence-electron chi connectivity index (χ4n) is 2.26. The third-order valence-electron chi connectivity index (χ3n) is 3.48. The summed E-state index contributed by atoms with van der Waals surface area (Å²) in [5.41, 5.74) is -0.0316. The first kappa shape index (κ1) is 20.4. The van der Waals surface area contributed by atoms with Gasteiger partial charge in [0.2, 0.25) is 5.88 Å². The number of aromatic nitrogens is 1. The van der Waals surface area contributed by atoms with Crippen LogP contribution in [0.1, 0.15) is 44.0 Å². The van der Waals surface area contributed by atoms with Crippen molar-refractivity contribution in [3.63, 3.8) is 0 Å². The lowest BCUT2D eigenvalue weighted by molar-refractivity contribution is 0.0527. The second kappa shape index (κ2) is 9.66. The highest BCUT2D eigenvalue weighted by Gasteiger charge is 2.18. The van der Waals surface area contributed by atoms with Crippen LogP contribution in [0.5, 0.6) is 5.88 Å². The number of rotatable bonds is 7. The van der Waals surface area contributed by atoms with E-state index in [0.29, 0.717) is 31.0 Å². The Morgan fingerprint density at radius 2 is 2.04 bits per heavy atom. The summed E-state index contributed by atoms with van der Waals surface area (Å²) < 4.78 is 10.9. The summed E-state index contributed by atoms with van der Waals surface area (Å²) in [7, 11) is 0. The highest BCUT2D eigenvalue weighted by atomic mass is 32.2. The van der Waals surface area contributed by atoms with Gasteiger partial charge in [-0.05, 0) is 45.4 Å². The van der Waals surface area contributed by atoms with Crippen molar-refractivity contribution in [1.82, 2.24) is 15.6 Å². The predicted molar refractivity (Wildman–Crippen MR) is 102 cm³/mol. The molecule has 2 amide bonds. The van der Waals surface area contributed by atoms with Gasteiger partial charge < -0.3 is 20.1 Å². The number of carbonyl (C=O) groups is 2. The summed E-state index contributed by atoms with van der Waals surface area (Å²) >= 11 is 1.88. The molecule has 1 aromatic rings. The number of pyridine rings is 1. The topological polar surface area (TPSA) is 89.6 Å². The molecule has 0 saturated carbocycles. The van der Waals surface area contributed by atoms with Crippen LogP contribution in [0.4, 0.5) is 4.79 Å². The monoisotopic (exact) mass is 381 g/mol. The normalized spacial score (nSPS) is 16.8. The summed E-state index contributed by atoms with van der Waals surface area (Å²) in [5.74, 6) is 2.46. The molecule has 0 aliphatic carbocycles. The molecule has 26 heavy (non-hydrogen) atoms. The molecule has 7 nitrogen and oxygen atoms in total. The molecule has 0 bridgehead atoms. The highest BCUT2D eigenvalue weighted by molar-refractivity contribution is 7.99. The van der Waals surface area contributed by atoms with Crippen molar-refractivity contribution in [1.29, 1.82) is 0 Å². The smallest absolute Gasteiger partial charge is 0.407 e.